The van der Waals surface area contributed by atoms with Crippen molar-refractivity contribution in [3.8, 4) is 6.07 Å². The van der Waals surface area contributed by atoms with E-state index in [2.05, 4.69) is 16.4 Å². The van der Waals surface area contributed by atoms with Gasteiger partial charge in [-0.3, -0.25) is 14.7 Å². The van der Waals surface area contributed by atoms with E-state index in [9.17, 15) is 15.2 Å². The standard InChI is InChI=1S/C19H24N4O5S/c20-9-14-13-6-8-23(19(27)28-11-17(25)26)10-15(13)29-18(14)22-16(24)5-4-12-3-1-2-7-21-12/h1-3,7,13,15,17,19,25-27H,4-6,8,10-11H2,(H,22,24). The van der Waals surface area contributed by atoms with Crippen LogP contribution in [0.2, 0.25) is 0 Å². The average Bonchev–Trinajstić information content (AvgIpc) is 3.07. The molecule has 4 N–H and O–H groups in total. The second kappa shape index (κ2) is 10.2. The van der Waals surface area contributed by atoms with Gasteiger partial charge in [0.15, 0.2) is 6.29 Å². The monoisotopic (exact) mass is 420 g/mol. The molecule has 1 aromatic rings. The lowest BCUT2D eigenvalue weighted by Gasteiger charge is -2.36. The zero-order valence-corrected chi connectivity index (χ0v) is 16.6. The first-order valence-corrected chi connectivity index (χ1v) is 10.3. The summed E-state index contributed by atoms with van der Waals surface area (Å²) in [5.74, 6) is -0.162. The maximum Gasteiger partial charge on any atom is 0.225 e. The van der Waals surface area contributed by atoms with Crippen molar-refractivity contribution >= 4 is 17.7 Å². The third kappa shape index (κ3) is 5.76. The number of pyridine rings is 1. The summed E-state index contributed by atoms with van der Waals surface area (Å²) in [6.45, 7) is 0.561. The average molecular weight is 420 g/mol. The number of fused-ring (bicyclic) bond motifs is 1. The topological polar surface area (TPSA) is 139 Å². The second-order valence-electron chi connectivity index (χ2n) is 6.91. The number of piperidine rings is 1. The number of aromatic nitrogens is 1. The van der Waals surface area contributed by atoms with E-state index in [1.807, 2.05) is 18.2 Å². The minimum absolute atomic E-state index is 0.00166. The normalized spacial score (nSPS) is 23.0. The quantitative estimate of drug-likeness (QED) is 0.425. The van der Waals surface area contributed by atoms with Crippen LogP contribution >= 0.6 is 11.8 Å². The predicted octanol–water partition coefficient (Wildman–Crippen LogP) is -0.0939. The molecule has 1 aromatic heterocycles. The number of carbonyl (C=O) groups excluding carboxylic acids is 1. The van der Waals surface area contributed by atoms with Gasteiger partial charge in [-0.25, -0.2) is 0 Å². The molecule has 0 spiro atoms. The molecule has 0 radical (unpaired) electrons. The first-order chi connectivity index (χ1) is 14.0. The van der Waals surface area contributed by atoms with Gasteiger partial charge in [0.1, 0.15) is 6.61 Å². The number of allylic oxidation sites excluding steroid dienone is 1. The first-order valence-electron chi connectivity index (χ1n) is 9.38. The summed E-state index contributed by atoms with van der Waals surface area (Å²) >= 11 is 1.43. The molecule has 0 aromatic carbocycles. The van der Waals surface area contributed by atoms with E-state index in [-0.39, 0.29) is 23.5 Å². The van der Waals surface area contributed by atoms with Crippen molar-refractivity contribution in [3.63, 3.8) is 0 Å². The molecule has 1 fully saturated rings. The lowest BCUT2D eigenvalue weighted by Crippen LogP contribution is -2.48. The number of likely N-dealkylation sites (tertiary alicyclic amines) is 1. The zero-order chi connectivity index (χ0) is 20.8. The Hall–Kier alpha value is -2.00. The van der Waals surface area contributed by atoms with Gasteiger partial charge in [-0.2, -0.15) is 5.26 Å². The van der Waals surface area contributed by atoms with E-state index in [4.69, 9.17) is 14.9 Å². The molecular formula is C19H24N4O5S. The number of aliphatic hydroxyl groups is 3. The van der Waals surface area contributed by atoms with Crippen LogP contribution in [0, 0.1) is 17.2 Å². The highest BCUT2D eigenvalue weighted by Gasteiger charge is 2.41. The molecule has 1 amide bonds. The number of nitrogens with zero attached hydrogens (tertiary/aromatic N) is 3. The highest BCUT2D eigenvalue weighted by atomic mass is 32.2. The summed E-state index contributed by atoms with van der Waals surface area (Å²) in [4.78, 5) is 18.2. The molecule has 10 heteroatoms. The van der Waals surface area contributed by atoms with Crippen molar-refractivity contribution in [3.05, 3.63) is 40.7 Å². The van der Waals surface area contributed by atoms with E-state index in [1.165, 1.54) is 11.8 Å². The van der Waals surface area contributed by atoms with Crippen molar-refractivity contribution in [1.82, 2.24) is 15.2 Å². The summed E-state index contributed by atoms with van der Waals surface area (Å²) < 4.78 is 5.03. The number of aryl methyl sites for hydroxylation is 1. The van der Waals surface area contributed by atoms with Crippen LogP contribution in [-0.4, -0.2) is 68.8 Å². The van der Waals surface area contributed by atoms with Gasteiger partial charge in [-0.05, 0) is 25.0 Å². The Morgan fingerprint density at radius 3 is 2.97 bits per heavy atom. The smallest absolute Gasteiger partial charge is 0.225 e. The fourth-order valence-electron chi connectivity index (χ4n) is 3.46. The summed E-state index contributed by atoms with van der Waals surface area (Å²) in [6, 6.07) is 7.79. The number of nitrogens with one attached hydrogen (secondary N) is 1. The van der Waals surface area contributed by atoms with Gasteiger partial charge in [0.2, 0.25) is 12.3 Å². The molecule has 3 atom stereocenters. The van der Waals surface area contributed by atoms with Crippen molar-refractivity contribution in [2.75, 3.05) is 19.7 Å². The number of amides is 1. The lowest BCUT2D eigenvalue weighted by atomic mass is 9.90. The molecular weight excluding hydrogens is 396 g/mol. The maximum absolute atomic E-state index is 12.3. The first kappa shape index (κ1) is 21.7. The van der Waals surface area contributed by atoms with Crippen molar-refractivity contribution < 1.29 is 24.9 Å². The fourth-order valence-corrected chi connectivity index (χ4v) is 4.96. The van der Waals surface area contributed by atoms with E-state index in [0.717, 1.165) is 5.69 Å². The number of nitriles is 1. The predicted molar refractivity (Wildman–Crippen MR) is 105 cm³/mol. The Bertz CT molecular complexity index is 783. The van der Waals surface area contributed by atoms with Crippen molar-refractivity contribution in [1.29, 1.82) is 5.26 Å². The van der Waals surface area contributed by atoms with E-state index in [0.29, 0.717) is 36.5 Å². The Labute approximate surface area is 173 Å². The van der Waals surface area contributed by atoms with Gasteiger partial charge in [-0.1, -0.05) is 6.07 Å². The van der Waals surface area contributed by atoms with Gasteiger partial charge in [0, 0.05) is 42.6 Å². The number of ether oxygens (including phenoxy) is 1. The molecule has 0 saturated carbocycles. The Morgan fingerprint density at radius 1 is 1.45 bits per heavy atom. The van der Waals surface area contributed by atoms with Gasteiger partial charge < -0.3 is 25.4 Å². The highest BCUT2D eigenvalue weighted by molar-refractivity contribution is 8.04. The molecule has 1 saturated heterocycles. The minimum atomic E-state index is -1.65. The van der Waals surface area contributed by atoms with Gasteiger partial charge in [0.25, 0.3) is 0 Å². The lowest BCUT2D eigenvalue weighted by molar-refractivity contribution is -0.228. The van der Waals surface area contributed by atoms with Crippen LogP contribution in [0.5, 0.6) is 0 Å². The van der Waals surface area contributed by atoms with Gasteiger partial charge in [0.05, 0.1) is 16.7 Å². The zero-order valence-electron chi connectivity index (χ0n) is 15.8. The molecule has 3 unspecified atom stereocenters. The number of rotatable bonds is 8. The number of carbonyl (C=O) groups is 1. The molecule has 156 valence electrons. The third-order valence-corrected chi connectivity index (χ3v) is 6.23. The summed E-state index contributed by atoms with van der Waals surface area (Å²) in [5.41, 5.74) is 1.41. The fraction of sp³-hybridized carbons (Fsp3) is 0.526. The Balaban J connectivity index is 1.54. The maximum atomic E-state index is 12.3. The highest BCUT2D eigenvalue weighted by Crippen LogP contribution is 2.45. The third-order valence-electron chi connectivity index (χ3n) is 4.89. The van der Waals surface area contributed by atoms with Crippen LogP contribution in [0.1, 0.15) is 18.5 Å². The van der Waals surface area contributed by atoms with E-state index in [1.54, 1.807) is 11.1 Å². The van der Waals surface area contributed by atoms with Crippen LogP contribution in [0.3, 0.4) is 0 Å². The minimum Gasteiger partial charge on any atom is -0.366 e. The molecule has 3 heterocycles. The molecule has 3 rings (SSSR count). The summed E-state index contributed by atoms with van der Waals surface area (Å²) in [6.07, 6.45) is 0.219. The molecule has 0 bridgehead atoms. The van der Waals surface area contributed by atoms with Crippen LogP contribution in [0.15, 0.2) is 35.0 Å². The molecule has 2 aliphatic rings. The SMILES string of the molecule is N#CC1=C(NC(=O)CCc2ccccn2)SC2CN(C(O)OCC(O)O)CCC12. The molecule has 9 nitrogen and oxygen atoms in total. The number of hydrogen-bond donors (Lipinski definition) is 4. The van der Waals surface area contributed by atoms with Crippen LogP contribution in [0.25, 0.3) is 0 Å². The van der Waals surface area contributed by atoms with E-state index >= 15 is 0 Å². The second-order valence-corrected chi connectivity index (χ2v) is 8.16. The van der Waals surface area contributed by atoms with Crippen molar-refractivity contribution in [2.45, 2.75) is 37.2 Å². The van der Waals surface area contributed by atoms with Crippen LogP contribution in [0.4, 0.5) is 0 Å². The number of hydrogen-bond acceptors (Lipinski definition) is 9. The Kier molecular flexibility index (Phi) is 7.60. The number of aliphatic hydroxyl groups excluding tert-OH is 2. The van der Waals surface area contributed by atoms with Gasteiger partial charge in [-0.15, -0.1) is 11.8 Å². The van der Waals surface area contributed by atoms with Crippen LogP contribution < -0.4 is 5.32 Å². The molecule has 29 heavy (non-hydrogen) atoms. The largest absolute Gasteiger partial charge is 0.366 e. The van der Waals surface area contributed by atoms with Crippen molar-refractivity contribution in [2.24, 2.45) is 5.92 Å². The molecule has 2 aliphatic heterocycles. The Morgan fingerprint density at radius 2 is 2.28 bits per heavy atom. The summed E-state index contributed by atoms with van der Waals surface area (Å²) in [7, 11) is 0. The van der Waals surface area contributed by atoms with Crippen LogP contribution in [-0.2, 0) is 16.0 Å². The molecule has 0 aliphatic carbocycles. The van der Waals surface area contributed by atoms with Gasteiger partial charge >= 0.3 is 0 Å². The summed E-state index contributed by atoms with van der Waals surface area (Å²) in [5, 5.41) is 40.8. The number of thioether (sulfide) groups is 1. The van der Waals surface area contributed by atoms with E-state index < -0.39 is 19.3 Å².